The van der Waals surface area contributed by atoms with Gasteiger partial charge in [0.15, 0.2) is 11.5 Å². The largest absolute Gasteiger partial charge is 0.507 e. The normalized spacial score (nSPS) is 17.3. The molecule has 2 N–H and O–H groups in total. The summed E-state index contributed by atoms with van der Waals surface area (Å²) in [5.41, 5.74) is 1.80. The average molecular weight is 483 g/mol. The molecule has 0 aromatic heterocycles. The van der Waals surface area contributed by atoms with E-state index in [9.17, 15) is 19.8 Å². The third-order valence-corrected chi connectivity index (χ3v) is 5.84. The molecule has 0 spiro atoms. The van der Waals surface area contributed by atoms with Crippen molar-refractivity contribution in [2.75, 3.05) is 40.4 Å². The van der Waals surface area contributed by atoms with Crippen molar-refractivity contribution >= 4 is 17.4 Å². The summed E-state index contributed by atoms with van der Waals surface area (Å²) in [6.07, 6.45) is 0.869. The SMILES string of the molecule is CCCOc1ccc(/C(O)=C2/C(=O)C(=O)N(CCN(C)C)C2c2ccc(O)c(OCC)c2)cc1C. The van der Waals surface area contributed by atoms with E-state index in [0.717, 1.165) is 12.0 Å². The Morgan fingerprint density at radius 1 is 1.06 bits per heavy atom. The Bertz CT molecular complexity index is 1120. The molecular weight excluding hydrogens is 448 g/mol. The molecule has 3 rings (SSSR count). The smallest absolute Gasteiger partial charge is 0.295 e. The summed E-state index contributed by atoms with van der Waals surface area (Å²) in [6, 6.07) is 9.07. The van der Waals surface area contributed by atoms with Crippen LogP contribution >= 0.6 is 0 Å². The molecule has 0 saturated carbocycles. The van der Waals surface area contributed by atoms with Crippen LogP contribution < -0.4 is 9.47 Å². The maximum Gasteiger partial charge on any atom is 0.295 e. The number of rotatable bonds is 10. The molecule has 1 unspecified atom stereocenters. The number of hydrogen-bond donors (Lipinski definition) is 2. The Morgan fingerprint density at radius 2 is 1.80 bits per heavy atom. The van der Waals surface area contributed by atoms with Crippen molar-refractivity contribution in [2.45, 2.75) is 33.2 Å². The van der Waals surface area contributed by atoms with Crippen LogP contribution in [0.5, 0.6) is 17.2 Å². The number of carbonyl (C=O) groups is 2. The zero-order valence-electron chi connectivity index (χ0n) is 21.0. The number of nitrogens with zero attached hydrogens (tertiary/aromatic N) is 2. The summed E-state index contributed by atoms with van der Waals surface area (Å²) >= 11 is 0. The quantitative estimate of drug-likeness (QED) is 0.301. The zero-order valence-corrected chi connectivity index (χ0v) is 21.0. The molecule has 1 saturated heterocycles. The van der Waals surface area contributed by atoms with Crippen LogP contribution in [0.25, 0.3) is 5.76 Å². The molecular formula is C27H34N2O6. The van der Waals surface area contributed by atoms with Gasteiger partial charge in [0, 0.05) is 18.7 Å². The van der Waals surface area contributed by atoms with Gasteiger partial charge in [0.1, 0.15) is 11.5 Å². The Hall–Kier alpha value is -3.52. The lowest BCUT2D eigenvalue weighted by atomic mass is 9.94. The van der Waals surface area contributed by atoms with Gasteiger partial charge in [-0.3, -0.25) is 9.59 Å². The number of ether oxygens (including phenoxy) is 2. The number of phenols is 1. The van der Waals surface area contributed by atoms with Gasteiger partial charge in [-0.2, -0.15) is 0 Å². The Morgan fingerprint density at radius 3 is 2.43 bits per heavy atom. The fourth-order valence-corrected chi connectivity index (χ4v) is 4.06. The number of aryl methyl sites for hydroxylation is 1. The lowest BCUT2D eigenvalue weighted by molar-refractivity contribution is -0.140. The van der Waals surface area contributed by atoms with Crippen LogP contribution in [0.1, 0.15) is 43.0 Å². The second-order valence-electron chi connectivity index (χ2n) is 8.78. The number of Topliss-reactive ketones (excluding diaryl/α,β-unsaturated/α-hetero) is 1. The number of carbonyl (C=O) groups excluding carboxylic acids is 2. The first kappa shape index (κ1) is 26.1. The molecule has 1 atom stereocenters. The maximum absolute atomic E-state index is 13.2. The van der Waals surface area contributed by atoms with Crippen LogP contribution in [0.15, 0.2) is 42.0 Å². The van der Waals surface area contributed by atoms with E-state index >= 15 is 0 Å². The molecule has 8 nitrogen and oxygen atoms in total. The molecule has 2 aromatic carbocycles. The fourth-order valence-electron chi connectivity index (χ4n) is 4.06. The van der Waals surface area contributed by atoms with Gasteiger partial charge in [-0.05, 0) is 75.8 Å². The summed E-state index contributed by atoms with van der Waals surface area (Å²) in [6.45, 7) is 7.41. The number of aromatic hydroxyl groups is 1. The van der Waals surface area contributed by atoms with Crippen molar-refractivity contribution in [1.82, 2.24) is 9.80 Å². The molecule has 1 amide bonds. The van der Waals surface area contributed by atoms with Crippen LogP contribution in [0.4, 0.5) is 0 Å². The molecule has 0 bridgehead atoms. The minimum absolute atomic E-state index is 0.00326. The van der Waals surface area contributed by atoms with E-state index in [1.54, 1.807) is 37.3 Å². The summed E-state index contributed by atoms with van der Waals surface area (Å²) < 4.78 is 11.3. The van der Waals surface area contributed by atoms with E-state index in [1.807, 2.05) is 32.8 Å². The number of hydrogen-bond acceptors (Lipinski definition) is 7. The molecule has 0 radical (unpaired) electrons. The van der Waals surface area contributed by atoms with Crippen molar-refractivity contribution in [3.63, 3.8) is 0 Å². The first-order valence-electron chi connectivity index (χ1n) is 11.8. The number of likely N-dealkylation sites (N-methyl/N-ethyl adjacent to an activating group) is 1. The molecule has 0 aliphatic carbocycles. The molecule has 1 fully saturated rings. The molecule has 2 aromatic rings. The van der Waals surface area contributed by atoms with Gasteiger partial charge in [0.2, 0.25) is 0 Å². The minimum Gasteiger partial charge on any atom is -0.507 e. The highest BCUT2D eigenvalue weighted by atomic mass is 16.5. The van der Waals surface area contributed by atoms with Crippen LogP contribution in [0.3, 0.4) is 0 Å². The molecule has 188 valence electrons. The highest BCUT2D eigenvalue weighted by Gasteiger charge is 2.46. The summed E-state index contributed by atoms with van der Waals surface area (Å²) in [7, 11) is 3.76. The number of benzene rings is 2. The second-order valence-corrected chi connectivity index (χ2v) is 8.78. The fraction of sp³-hybridized carbons (Fsp3) is 0.407. The topological polar surface area (TPSA) is 99.5 Å². The number of likely N-dealkylation sites (tertiary alicyclic amines) is 1. The van der Waals surface area contributed by atoms with E-state index in [1.165, 1.54) is 11.0 Å². The van der Waals surface area contributed by atoms with E-state index < -0.39 is 17.7 Å². The summed E-state index contributed by atoms with van der Waals surface area (Å²) in [5, 5.41) is 21.5. The lowest BCUT2D eigenvalue weighted by Gasteiger charge is -2.27. The summed E-state index contributed by atoms with van der Waals surface area (Å²) in [4.78, 5) is 29.7. The van der Waals surface area contributed by atoms with Gasteiger partial charge in [0.05, 0.1) is 24.8 Å². The van der Waals surface area contributed by atoms with Gasteiger partial charge < -0.3 is 29.5 Å². The Labute approximate surface area is 206 Å². The van der Waals surface area contributed by atoms with Gasteiger partial charge in [0.25, 0.3) is 11.7 Å². The lowest BCUT2D eigenvalue weighted by Crippen LogP contribution is -2.35. The number of phenolic OH excluding ortho intramolecular Hbond substituents is 1. The highest BCUT2D eigenvalue weighted by Crippen LogP contribution is 2.42. The van der Waals surface area contributed by atoms with Gasteiger partial charge in [-0.15, -0.1) is 0 Å². The first-order valence-corrected chi connectivity index (χ1v) is 11.8. The standard InChI is InChI=1S/C27H34N2O6/c1-6-14-35-21-11-9-19(15-17(21)3)25(31)23-24(18-8-10-20(30)22(16-18)34-7-2)29(13-12-28(4)5)27(33)26(23)32/h8-11,15-16,24,30-31H,6-7,12-14H2,1-5H3/b25-23-. The molecule has 35 heavy (non-hydrogen) atoms. The monoisotopic (exact) mass is 482 g/mol. The predicted octanol–water partition coefficient (Wildman–Crippen LogP) is 3.87. The average Bonchev–Trinajstić information content (AvgIpc) is 3.07. The van der Waals surface area contributed by atoms with Crippen molar-refractivity contribution < 1.29 is 29.3 Å². The zero-order chi connectivity index (χ0) is 25.7. The van der Waals surface area contributed by atoms with Crippen molar-refractivity contribution in [2.24, 2.45) is 0 Å². The van der Waals surface area contributed by atoms with Gasteiger partial charge >= 0.3 is 0 Å². The molecule has 1 aliphatic rings. The van der Waals surface area contributed by atoms with E-state index in [-0.39, 0.29) is 29.4 Å². The van der Waals surface area contributed by atoms with Crippen molar-refractivity contribution in [1.29, 1.82) is 0 Å². The molecule has 1 aliphatic heterocycles. The third-order valence-electron chi connectivity index (χ3n) is 5.84. The second kappa shape index (κ2) is 11.3. The summed E-state index contributed by atoms with van der Waals surface area (Å²) in [5.74, 6) is -0.774. The molecule has 8 heteroatoms. The van der Waals surface area contributed by atoms with Crippen LogP contribution in [-0.2, 0) is 9.59 Å². The van der Waals surface area contributed by atoms with Crippen molar-refractivity contribution in [3.8, 4) is 17.2 Å². The minimum atomic E-state index is -0.828. The Kier molecular flexibility index (Phi) is 8.40. The number of amides is 1. The third kappa shape index (κ3) is 5.59. The van der Waals surface area contributed by atoms with Crippen molar-refractivity contribution in [3.05, 3.63) is 58.7 Å². The van der Waals surface area contributed by atoms with Crippen LogP contribution in [-0.4, -0.2) is 72.1 Å². The van der Waals surface area contributed by atoms with E-state index in [0.29, 0.717) is 36.6 Å². The van der Waals surface area contributed by atoms with E-state index in [2.05, 4.69) is 0 Å². The van der Waals surface area contributed by atoms with Gasteiger partial charge in [-0.25, -0.2) is 0 Å². The molecule has 1 heterocycles. The van der Waals surface area contributed by atoms with Crippen LogP contribution in [0, 0.1) is 6.92 Å². The number of ketones is 1. The van der Waals surface area contributed by atoms with Crippen LogP contribution in [0.2, 0.25) is 0 Å². The number of aliphatic hydroxyl groups excluding tert-OH is 1. The maximum atomic E-state index is 13.2. The Balaban J connectivity index is 2.14. The van der Waals surface area contributed by atoms with E-state index in [4.69, 9.17) is 9.47 Å². The predicted molar refractivity (Wildman–Crippen MR) is 134 cm³/mol. The first-order chi connectivity index (χ1) is 16.7. The number of aliphatic hydroxyl groups is 1. The van der Waals surface area contributed by atoms with Gasteiger partial charge in [-0.1, -0.05) is 13.0 Å². The highest BCUT2D eigenvalue weighted by molar-refractivity contribution is 6.46.